The summed E-state index contributed by atoms with van der Waals surface area (Å²) >= 11 is 0. The highest BCUT2D eigenvalue weighted by Crippen LogP contribution is 2.26. The number of nitrogens with zero attached hydrogens (tertiary/aromatic N) is 3. The Morgan fingerprint density at radius 3 is 2.52 bits per heavy atom. The van der Waals surface area contributed by atoms with E-state index in [1.54, 1.807) is 24.3 Å². The normalized spacial score (nSPS) is 15.0. The molecule has 27 heavy (non-hydrogen) atoms. The molecule has 0 bridgehead atoms. The van der Waals surface area contributed by atoms with Crippen LogP contribution in [0.5, 0.6) is 0 Å². The Bertz CT molecular complexity index is 931. The van der Waals surface area contributed by atoms with Gasteiger partial charge in [-0.05, 0) is 61.0 Å². The Morgan fingerprint density at radius 2 is 1.78 bits per heavy atom. The topological polar surface area (TPSA) is 64.3 Å². The molecule has 6 nitrogen and oxygen atoms in total. The van der Waals surface area contributed by atoms with Gasteiger partial charge in [-0.15, -0.1) is 0 Å². The van der Waals surface area contributed by atoms with Gasteiger partial charge in [-0.3, -0.25) is 9.89 Å². The molecule has 0 atom stereocenters. The van der Waals surface area contributed by atoms with Crippen molar-refractivity contribution in [2.75, 3.05) is 37.0 Å². The second-order valence-electron chi connectivity index (χ2n) is 7.16. The predicted octanol–water partition coefficient (Wildman–Crippen LogP) is 3.03. The third-order valence-electron chi connectivity index (χ3n) is 5.51. The van der Waals surface area contributed by atoms with E-state index < -0.39 is 0 Å². The van der Waals surface area contributed by atoms with E-state index >= 15 is 0 Å². The summed E-state index contributed by atoms with van der Waals surface area (Å²) in [6, 6.07) is 12.9. The van der Waals surface area contributed by atoms with Gasteiger partial charge in [0, 0.05) is 37.6 Å². The van der Waals surface area contributed by atoms with E-state index in [1.165, 1.54) is 18.5 Å². The summed E-state index contributed by atoms with van der Waals surface area (Å²) in [5, 5.41) is 12.3. The molecule has 0 aliphatic carbocycles. The van der Waals surface area contributed by atoms with Gasteiger partial charge in [0.15, 0.2) is 0 Å². The number of carbonyl (C=O) groups is 1. The maximum atomic E-state index is 12.7. The minimum absolute atomic E-state index is 0.0470. The molecule has 1 aliphatic heterocycles. The number of H-pyrrole nitrogens is 1. The largest absolute Gasteiger partial charge is 0.371 e. The molecular weight excluding hydrogens is 338 g/mol. The van der Waals surface area contributed by atoms with Gasteiger partial charge in [0.1, 0.15) is 0 Å². The van der Waals surface area contributed by atoms with Gasteiger partial charge in [-0.1, -0.05) is 12.1 Å². The number of aromatic nitrogens is 2. The van der Waals surface area contributed by atoms with Crippen molar-refractivity contribution in [1.29, 1.82) is 0 Å². The summed E-state index contributed by atoms with van der Waals surface area (Å²) in [5.41, 5.74) is 2.65. The Hall–Kier alpha value is -2.86. The van der Waals surface area contributed by atoms with Crippen LogP contribution in [0, 0.1) is 0 Å². The molecule has 2 aromatic carbocycles. The van der Waals surface area contributed by atoms with Crippen LogP contribution in [0.1, 0.15) is 23.2 Å². The molecule has 1 saturated heterocycles. The van der Waals surface area contributed by atoms with Crippen molar-refractivity contribution in [1.82, 2.24) is 15.5 Å². The van der Waals surface area contributed by atoms with Crippen molar-refractivity contribution in [2.24, 2.45) is 0 Å². The average molecular weight is 363 g/mol. The molecule has 0 saturated carbocycles. The zero-order valence-electron chi connectivity index (χ0n) is 15.8. The van der Waals surface area contributed by atoms with Crippen LogP contribution in [-0.4, -0.2) is 49.3 Å². The highest BCUT2D eigenvalue weighted by molar-refractivity contribution is 6.07. The molecule has 0 radical (unpaired) electrons. The fourth-order valence-electron chi connectivity index (χ4n) is 3.73. The van der Waals surface area contributed by atoms with Crippen LogP contribution >= 0.6 is 0 Å². The summed E-state index contributed by atoms with van der Waals surface area (Å²) in [7, 11) is 3.93. The standard InChI is InChI=1S/C21H25N5O/c1-25(18-7-9-22-10-8-18)19-6-5-15-11-17(4-3-16(15)12-19)21(27)26(2)20-13-23-24-14-20/h3-6,11-14,18,22H,7-10H2,1-2H3,(H,23,24). The first-order valence-corrected chi connectivity index (χ1v) is 9.38. The summed E-state index contributed by atoms with van der Waals surface area (Å²) in [5.74, 6) is -0.0470. The zero-order valence-corrected chi connectivity index (χ0v) is 15.8. The minimum Gasteiger partial charge on any atom is -0.371 e. The number of amides is 1. The van der Waals surface area contributed by atoms with Gasteiger partial charge >= 0.3 is 0 Å². The van der Waals surface area contributed by atoms with Crippen molar-refractivity contribution < 1.29 is 4.79 Å². The van der Waals surface area contributed by atoms with Crippen LogP contribution in [0.3, 0.4) is 0 Å². The molecule has 4 rings (SSSR count). The van der Waals surface area contributed by atoms with Crippen LogP contribution in [0.2, 0.25) is 0 Å². The van der Waals surface area contributed by atoms with Gasteiger partial charge in [-0.25, -0.2) is 0 Å². The summed E-state index contributed by atoms with van der Waals surface area (Å²) in [4.78, 5) is 16.7. The van der Waals surface area contributed by atoms with E-state index in [4.69, 9.17) is 0 Å². The molecule has 1 amide bonds. The molecule has 2 heterocycles. The van der Waals surface area contributed by atoms with Crippen LogP contribution in [0.25, 0.3) is 10.8 Å². The summed E-state index contributed by atoms with van der Waals surface area (Å²) in [6.07, 6.45) is 5.69. The molecule has 0 spiro atoms. The Labute approximate surface area is 159 Å². The third kappa shape index (κ3) is 3.53. The SMILES string of the molecule is CN(C(=O)c1ccc2cc(N(C)C3CCNCC3)ccc2c1)c1cn[nH]c1. The van der Waals surface area contributed by atoms with Crippen LogP contribution in [-0.2, 0) is 0 Å². The highest BCUT2D eigenvalue weighted by Gasteiger charge is 2.19. The van der Waals surface area contributed by atoms with Gasteiger partial charge in [0.25, 0.3) is 5.91 Å². The minimum atomic E-state index is -0.0470. The Kier molecular flexibility index (Phi) is 4.81. The third-order valence-corrected chi connectivity index (χ3v) is 5.51. The van der Waals surface area contributed by atoms with Gasteiger partial charge in [0.2, 0.25) is 0 Å². The zero-order chi connectivity index (χ0) is 18.8. The first kappa shape index (κ1) is 17.5. The second kappa shape index (κ2) is 7.40. The lowest BCUT2D eigenvalue weighted by atomic mass is 10.0. The number of aromatic amines is 1. The molecule has 2 N–H and O–H groups in total. The van der Waals surface area contributed by atoms with Crippen molar-refractivity contribution in [3.05, 3.63) is 54.4 Å². The summed E-state index contributed by atoms with van der Waals surface area (Å²) < 4.78 is 0. The molecule has 1 aromatic heterocycles. The number of benzene rings is 2. The molecule has 1 aliphatic rings. The van der Waals surface area contributed by atoms with E-state index in [1.807, 2.05) is 18.2 Å². The number of piperidine rings is 1. The number of carbonyl (C=O) groups excluding carboxylic acids is 1. The number of hydrogen-bond acceptors (Lipinski definition) is 4. The van der Waals surface area contributed by atoms with Gasteiger partial charge in [-0.2, -0.15) is 5.10 Å². The number of hydrogen-bond donors (Lipinski definition) is 2. The van der Waals surface area contributed by atoms with Crippen molar-refractivity contribution in [3.8, 4) is 0 Å². The number of rotatable bonds is 4. The lowest BCUT2D eigenvalue weighted by Crippen LogP contribution is -2.41. The van der Waals surface area contributed by atoms with Crippen LogP contribution in [0.4, 0.5) is 11.4 Å². The van der Waals surface area contributed by atoms with Gasteiger partial charge in [0.05, 0.1) is 11.9 Å². The molecule has 1 fully saturated rings. The number of anilines is 2. The predicted molar refractivity (Wildman–Crippen MR) is 110 cm³/mol. The van der Waals surface area contributed by atoms with Crippen LogP contribution < -0.4 is 15.1 Å². The number of fused-ring (bicyclic) bond motifs is 1. The molecular formula is C21H25N5O. The lowest BCUT2D eigenvalue weighted by Gasteiger charge is -2.33. The Morgan fingerprint density at radius 1 is 1.04 bits per heavy atom. The van der Waals surface area contributed by atoms with Gasteiger partial charge < -0.3 is 15.1 Å². The summed E-state index contributed by atoms with van der Waals surface area (Å²) in [6.45, 7) is 2.16. The highest BCUT2D eigenvalue weighted by atomic mass is 16.2. The molecule has 140 valence electrons. The smallest absolute Gasteiger partial charge is 0.258 e. The quantitative estimate of drug-likeness (QED) is 0.748. The van der Waals surface area contributed by atoms with Crippen LogP contribution in [0.15, 0.2) is 48.8 Å². The van der Waals surface area contributed by atoms with E-state index in [0.29, 0.717) is 11.6 Å². The van der Waals surface area contributed by atoms with E-state index in [0.717, 1.165) is 29.5 Å². The number of nitrogens with one attached hydrogen (secondary N) is 2. The Balaban J connectivity index is 1.57. The van der Waals surface area contributed by atoms with E-state index in [9.17, 15) is 4.79 Å². The second-order valence-corrected chi connectivity index (χ2v) is 7.16. The maximum Gasteiger partial charge on any atom is 0.258 e. The fraction of sp³-hybridized carbons (Fsp3) is 0.333. The van der Waals surface area contributed by atoms with Crippen molar-refractivity contribution >= 4 is 28.1 Å². The van der Waals surface area contributed by atoms with E-state index in [2.05, 4.69) is 45.7 Å². The first-order valence-electron chi connectivity index (χ1n) is 9.38. The maximum absolute atomic E-state index is 12.7. The van der Waals surface area contributed by atoms with Crippen molar-refractivity contribution in [3.63, 3.8) is 0 Å². The molecule has 3 aromatic rings. The first-order chi connectivity index (χ1) is 13.1. The molecule has 0 unspecified atom stereocenters. The van der Waals surface area contributed by atoms with Crippen molar-refractivity contribution in [2.45, 2.75) is 18.9 Å². The lowest BCUT2D eigenvalue weighted by molar-refractivity contribution is 0.0993. The molecule has 6 heteroatoms. The van der Waals surface area contributed by atoms with E-state index in [-0.39, 0.29) is 5.91 Å². The average Bonchev–Trinajstić information content (AvgIpc) is 3.27. The fourth-order valence-corrected chi connectivity index (χ4v) is 3.73. The monoisotopic (exact) mass is 363 g/mol.